The smallest absolute Gasteiger partial charge is 0.0541 e. The third-order valence-electron chi connectivity index (χ3n) is 12.0. The number of aryl methyl sites for hydroxylation is 1. The van der Waals surface area contributed by atoms with Crippen LogP contribution in [-0.2, 0) is 6.42 Å². The molecule has 11 aromatic rings. The average Bonchev–Trinajstić information content (AvgIpc) is 3.92. The molecule has 0 saturated carbocycles. The first-order valence-electron chi connectivity index (χ1n) is 20.4. The topological polar surface area (TPSA) is 35.9 Å². The van der Waals surface area contributed by atoms with Crippen LogP contribution in [0.1, 0.15) is 22.3 Å². The first-order chi connectivity index (χ1) is 29.1. The van der Waals surface area contributed by atoms with Gasteiger partial charge in [-0.15, -0.1) is 0 Å². The molecule has 1 aliphatic rings. The van der Waals surface area contributed by atoms with E-state index in [2.05, 4.69) is 210 Å². The third-order valence-corrected chi connectivity index (χ3v) is 12.0. The van der Waals surface area contributed by atoms with Gasteiger partial charge in [-0.3, -0.25) is 0 Å². The lowest BCUT2D eigenvalue weighted by atomic mass is 9.98. The molecule has 0 unspecified atom stereocenters. The highest BCUT2D eigenvalue weighted by atomic mass is 15.0. The molecule has 12 rings (SSSR count). The SMILES string of the molecule is Cc1ccc2c(c1)c1ccccc1n2-c1ccccc1.Nc1cccc2c1/C(=C\Cc1ccc3cc(-n4c5ccccc5c5ccccc54)ccc3c1)c1ccccc1-2. The van der Waals surface area contributed by atoms with E-state index in [1.165, 1.54) is 99.1 Å². The molecule has 0 radical (unpaired) electrons. The van der Waals surface area contributed by atoms with Crippen LogP contribution in [0.3, 0.4) is 0 Å². The Bertz CT molecular complexity index is 3380. The van der Waals surface area contributed by atoms with Gasteiger partial charge in [0, 0.05) is 44.2 Å². The molecule has 3 nitrogen and oxygen atoms in total. The lowest BCUT2D eigenvalue weighted by Gasteiger charge is -2.10. The van der Waals surface area contributed by atoms with E-state index in [4.69, 9.17) is 5.73 Å². The van der Waals surface area contributed by atoms with Gasteiger partial charge in [-0.2, -0.15) is 0 Å². The number of hydrogen-bond donors (Lipinski definition) is 1. The Morgan fingerprint density at radius 2 is 0.983 bits per heavy atom. The van der Waals surface area contributed by atoms with Crippen molar-refractivity contribution in [2.45, 2.75) is 13.3 Å². The number of benzene rings is 9. The minimum absolute atomic E-state index is 0.839. The molecule has 3 heteroatoms. The van der Waals surface area contributed by atoms with Crippen LogP contribution >= 0.6 is 0 Å². The molecule has 59 heavy (non-hydrogen) atoms. The number of nitrogens with zero attached hydrogens (tertiary/aromatic N) is 2. The van der Waals surface area contributed by atoms with Gasteiger partial charge in [0.2, 0.25) is 0 Å². The van der Waals surface area contributed by atoms with E-state index >= 15 is 0 Å². The van der Waals surface area contributed by atoms with Gasteiger partial charge < -0.3 is 14.9 Å². The van der Waals surface area contributed by atoms with Gasteiger partial charge in [0.25, 0.3) is 0 Å². The van der Waals surface area contributed by atoms with E-state index in [9.17, 15) is 0 Å². The van der Waals surface area contributed by atoms with Crippen molar-refractivity contribution in [2.24, 2.45) is 0 Å². The highest BCUT2D eigenvalue weighted by Crippen LogP contribution is 2.46. The van der Waals surface area contributed by atoms with E-state index < -0.39 is 0 Å². The van der Waals surface area contributed by atoms with Crippen molar-refractivity contribution in [1.82, 2.24) is 9.13 Å². The molecular weight excluding hydrogens is 715 g/mol. The van der Waals surface area contributed by atoms with Crippen LogP contribution in [0, 0.1) is 6.92 Å². The molecule has 0 amide bonds. The van der Waals surface area contributed by atoms with Crippen molar-refractivity contribution in [3.05, 3.63) is 229 Å². The predicted molar refractivity (Wildman–Crippen MR) is 251 cm³/mol. The van der Waals surface area contributed by atoms with Gasteiger partial charge in [-0.1, -0.05) is 151 Å². The van der Waals surface area contributed by atoms with Gasteiger partial charge in [0.05, 0.1) is 22.1 Å². The number of nitrogen functional groups attached to an aromatic ring is 1. The van der Waals surface area contributed by atoms with Crippen molar-refractivity contribution >= 4 is 65.6 Å². The number of anilines is 1. The van der Waals surface area contributed by atoms with E-state index in [0.29, 0.717) is 0 Å². The minimum Gasteiger partial charge on any atom is -0.398 e. The Hall–Kier alpha value is -7.62. The molecule has 9 aromatic carbocycles. The van der Waals surface area contributed by atoms with E-state index in [1.54, 1.807) is 0 Å². The molecule has 2 heterocycles. The second kappa shape index (κ2) is 14.1. The number of rotatable bonds is 4. The zero-order chi connectivity index (χ0) is 39.5. The Balaban J connectivity index is 0.000000166. The zero-order valence-corrected chi connectivity index (χ0v) is 32.8. The molecule has 0 aliphatic heterocycles. The summed E-state index contributed by atoms with van der Waals surface area (Å²) in [7, 11) is 0. The molecule has 0 bridgehead atoms. The average molecular weight is 756 g/mol. The second-order valence-electron chi connectivity index (χ2n) is 15.6. The zero-order valence-electron chi connectivity index (χ0n) is 32.8. The number of hydrogen-bond acceptors (Lipinski definition) is 1. The molecule has 2 N–H and O–H groups in total. The number of allylic oxidation sites excluding steroid dienone is 1. The van der Waals surface area contributed by atoms with Crippen molar-refractivity contribution in [3.63, 3.8) is 0 Å². The molecule has 0 atom stereocenters. The first kappa shape index (κ1) is 34.6. The number of para-hydroxylation sites is 4. The van der Waals surface area contributed by atoms with Gasteiger partial charge in [-0.25, -0.2) is 0 Å². The summed E-state index contributed by atoms with van der Waals surface area (Å²) in [6.07, 6.45) is 3.19. The summed E-state index contributed by atoms with van der Waals surface area (Å²) >= 11 is 0. The second-order valence-corrected chi connectivity index (χ2v) is 15.6. The summed E-state index contributed by atoms with van der Waals surface area (Å²) < 4.78 is 4.71. The van der Waals surface area contributed by atoms with Crippen LogP contribution in [-0.4, -0.2) is 9.13 Å². The molecule has 0 saturated heterocycles. The van der Waals surface area contributed by atoms with Gasteiger partial charge in [0.15, 0.2) is 0 Å². The molecule has 0 fully saturated rings. The maximum absolute atomic E-state index is 6.47. The van der Waals surface area contributed by atoms with Crippen LogP contribution in [0.4, 0.5) is 5.69 Å². The summed E-state index contributed by atoms with van der Waals surface area (Å²) in [5, 5.41) is 7.70. The summed E-state index contributed by atoms with van der Waals surface area (Å²) in [6, 6.07) is 71.6. The van der Waals surface area contributed by atoms with E-state index in [-0.39, 0.29) is 0 Å². The lowest BCUT2D eigenvalue weighted by molar-refractivity contribution is 1.18. The summed E-state index contributed by atoms with van der Waals surface area (Å²) in [4.78, 5) is 0. The standard InChI is InChI=1S/C37H26N2.C19H15N/c38-34-13-7-12-32-28-8-1-2-9-29(28)33(37(32)34)21-17-24-16-18-26-23-27(20-19-25(26)22-24)39-35-14-5-3-10-30(35)31-11-4-6-15-36(31)39;1-14-11-12-19-17(13-14)16-9-5-6-10-18(16)20(19)15-7-3-2-4-8-15/h1-16,18-23H,17,38H2;2-13H,1H3/b33-21-;. The van der Waals surface area contributed by atoms with Crippen molar-refractivity contribution in [2.75, 3.05) is 5.73 Å². The van der Waals surface area contributed by atoms with E-state index in [1.807, 2.05) is 12.1 Å². The van der Waals surface area contributed by atoms with Gasteiger partial charge >= 0.3 is 0 Å². The Morgan fingerprint density at radius 3 is 1.71 bits per heavy atom. The van der Waals surface area contributed by atoms with Crippen LogP contribution in [0.2, 0.25) is 0 Å². The molecule has 1 aliphatic carbocycles. The molecule has 280 valence electrons. The lowest BCUT2D eigenvalue weighted by Crippen LogP contribution is -1.94. The van der Waals surface area contributed by atoms with Crippen LogP contribution in [0.5, 0.6) is 0 Å². The predicted octanol–water partition coefficient (Wildman–Crippen LogP) is 14.3. The largest absolute Gasteiger partial charge is 0.398 e. The van der Waals surface area contributed by atoms with Gasteiger partial charge in [0.1, 0.15) is 0 Å². The molecular formula is C56H41N3. The van der Waals surface area contributed by atoms with Crippen molar-refractivity contribution in [1.29, 1.82) is 0 Å². The van der Waals surface area contributed by atoms with Crippen LogP contribution in [0.25, 0.3) is 82.5 Å². The number of nitrogens with two attached hydrogens (primary N) is 1. The fourth-order valence-electron chi connectivity index (χ4n) is 9.31. The summed E-state index contributed by atoms with van der Waals surface area (Å²) in [5.74, 6) is 0. The fraction of sp³-hybridized carbons (Fsp3) is 0.0357. The highest BCUT2D eigenvalue weighted by molar-refractivity contribution is 6.10. The Labute approximate surface area is 343 Å². The molecule has 0 spiro atoms. The van der Waals surface area contributed by atoms with Crippen molar-refractivity contribution < 1.29 is 0 Å². The summed E-state index contributed by atoms with van der Waals surface area (Å²) in [5.41, 5.74) is 23.4. The molecule has 2 aromatic heterocycles. The maximum atomic E-state index is 6.47. The first-order valence-corrected chi connectivity index (χ1v) is 20.4. The quantitative estimate of drug-likeness (QED) is 0.178. The Kier molecular flexibility index (Phi) is 8.27. The van der Waals surface area contributed by atoms with Crippen LogP contribution in [0.15, 0.2) is 206 Å². The monoisotopic (exact) mass is 755 g/mol. The summed E-state index contributed by atoms with van der Waals surface area (Å²) in [6.45, 7) is 2.15. The van der Waals surface area contributed by atoms with Crippen LogP contribution < -0.4 is 5.73 Å². The Morgan fingerprint density at radius 1 is 0.424 bits per heavy atom. The number of aromatic nitrogens is 2. The van der Waals surface area contributed by atoms with E-state index in [0.717, 1.165) is 17.7 Å². The fourth-order valence-corrected chi connectivity index (χ4v) is 9.31. The number of fused-ring (bicyclic) bond motifs is 10. The highest BCUT2D eigenvalue weighted by Gasteiger charge is 2.24. The normalized spacial score (nSPS) is 12.7. The maximum Gasteiger partial charge on any atom is 0.0541 e. The minimum atomic E-state index is 0.839. The third kappa shape index (κ3) is 5.82. The van der Waals surface area contributed by atoms with Crippen molar-refractivity contribution in [3.8, 4) is 22.5 Å². The van der Waals surface area contributed by atoms with Gasteiger partial charge in [-0.05, 0) is 113 Å².